The van der Waals surface area contributed by atoms with E-state index in [1.165, 1.54) is 6.21 Å². The number of amides is 2. The van der Waals surface area contributed by atoms with Crippen LogP contribution in [0.2, 0.25) is 0 Å². The molecule has 7 heteroatoms. The summed E-state index contributed by atoms with van der Waals surface area (Å²) in [5.74, 6) is -0.409. The molecule has 2 amide bonds. The predicted molar refractivity (Wildman–Crippen MR) is 119 cm³/mol. The van der Waals surface area contributed by atoms with E-state index in [0.29, 0.717) is 36.0 Å². The first-order valence-corrected chi connectivity index (χ1v) is 9.78. The Morgan fingerprint density at radius 3 is 2.32 bits per heavy atom. The summed E-state index contributed by atoms with van der Waals surface area (Å²) in [6.45, 7) is 2.84. The zero-order chi connectivity index (χ0) is 21.9. The SMILES string of the molecule is CCOc1ccc(NC(=O)C(=O)NN=Cc2ccccc2OCc2ccccc2)cc1. The first-order valence-electron chi connectivity index (χ1n) is 9.78. The van der Waals surface area contributed by atoms with Crippen molar-refractivity contribution in [1.29, 1.82) is 0 Å². The fourth-order valence-electron chi connectivity index (χ4n) is 2.65. The number of para-hydroxylation sites is 1. The molecule has 3 aromatic carbocycles. The Morgan fingerprint density at radius 1 is 0.871 bits per heavy atom. The number of hydrogen-bond donors (Lipinski definition) is 2. The minimum Gasteiger partial charge on any atom is -0.494 e. The maximum absolute atomic E-state index is 12.0. The van der Waals surface area contributed by atoms with Gasteiger partial charge in [0.2, 0.25) is 0 Å². The predicted octanol–water partition coefficient (Wildman–Crippen LogP) is 3.75. The summed E-state index contributed by atoms with van der Waals surface area (Å²) < 4.78 is 11.2. The maximum atomic E-state index is 12.0. The van der Waals surface area contributed by atoms with E-state index < -0.39 is 11.8 Å². The van der Waals surface area contributed by atoms with Crippen molar-refractivity contribution in [3.63, 3.8) is 0 Å². The van der Waals surface area contributed by atoms with Crippen LogP contribution in [0.5, 0.6) is 11.5 Å². The molecular formula is C24H23N3O4. The van der Waals surface area contributed by atoms with Gasteiger partial charge in [-0.25, -0.2) is 5.43 Å². The fourth-order valence-corrected chi connectivity index (χ4v) is 2.65. The lowest BCUT2D eigenvalue weighted by atomic mass is 10.2. The van der Waals surface area contributed by atoms with E-state index in [1.54, 1.807) is 30.3 Å². The van der Waals surface area contributed by atoms with Gasteiger partial charge in [0.25, 0.3) is 0 Å². The third-order valence-corrected chi connectivity index (χ3v) is 4.16. The zero-order valence-electron chi connectivity index (χ0n) is 17.1. The van der Waals surface area contributed by atoms with Crippen molar-refractivity contribution in [2.75, 3.05) is 11.9 Å². The smallest absolute Gasteiger partial charge is 0.329 e. The van der Waals surface area contributed by atoms with Crippen molar-refractivity contribution in [2.24, 2.45) is 5.10 Å². The molecule has 0 aliphatic rings. The van der Waals surface area contributed by atoms with Gasteiger partial charge in [0.15, 0.2) is 0 Å². The van der Waals surface area contributed by atoms with Crippen LogP contribution in [-0.4, -0.2) is 24.6 Å². The number of anilines is 1. The number of hydrazone groups is 1. The molecule has 0 aliphatic carbocycles. The Labute approximate surface area is 180 Å². The minimum absolute atomic E-state index is 0.405. The molecule has 0 unspecified atom stereocenters. The standard InChI is InChI=1S/C24H23N3O4/c1-2-30-21-14-12-20(13-15-21)26-23(28)24(29)27-25-16-19-10-6-7-11-22(19)31-17-18-8-4-3-5-9-18/h3-16H,2,17H2,1H3,(H,26,28)(H,27,29). The van der Waals surface area contributed by atoms with Gasteiger partial charge in [0, 0.05) is 11.3 Å². The third-order valence-electron chi connectivity index (χ3n) is 4.16. The summed E-state index contributed by atoms with van der Waals surface area (Å²) in [5.41, 5.74) is 4.41. The highest BCUT2D eigenvalue weighted by atomic mass is 16.5. The van der Waals surface area contributed by atoms with Crippen LogP contribution < -0.4 is 20.2 Å². The molecule has 0 bridgehead atoms. The number of hydrogen-bond acceptors (Lipinski definition) is 5. The molecule has 31 heavy (non-hydrogen) atoms. The second-order valence-corrected chi connectivity index (χ2v) is 6.42. The normalized spacial score (nSPS) is 10.5. The molecule has 0 atom stereocenters. The fraction of sp³-hybridized carbons (Fsp3) is 0.125. The highest BCUT2D eigenvalue weighted by Gasteiger charge is 2.13. The molecule has 0 heterocycles. The van der Waals surface area contributed by atoms with Crippen LogP contribution in [0.4, 0.5) is 5.69 Å². The van der Waals surface area contributed by atoms with Crippen molar-refractivity contribution in [2.45, 2.75) is 13.5 Å². The van der Waals surface area contributed by atoms with Crippen LogP contribution in [0.25, 0.3) is 0 Å². The van der Waals surface area contributed by atoms with E-state index in [0.717, 1.165) is 5.56 Å². The molecular weight excluding hydrogens is 394 g/mol. The van der Waals surface area contributed by atoms with E-state index in [9.17, 15) is 9.59 Å². The Bertz CT molecular complexity index is 1030. The summed E-state index contributed by atoms with van der Waals surface area (Å²) in [4.78, 5) is 24.0. The summed E-state index contributed by atoms with van der Waals surface area (Å²) in [5, 5.41) is 6.38. The molecule has 0 spiro atoms. The minimum atomic E-state index is -0.882. The molecule has 158 valence electrons. The lowest BCUT2D eigenvalue weighted by Crippen LogP contribution is -2.32. The molecule has 0 radical (unpaired) electrons. The Kier molecular flexibility index (Phi) is 7.77. The monoisotopic (exact) mass is 417 g/mol. The molecule has 3 rings (SSSR count). The number of rotatable bonds is 8. The first-order chi connectivity index (χ1) is 15.2. The number of nitrogens with one attached hydrogen (secondary N) is 2. The second kappa shape index (κ2) is 11.2. The third kappa shape index (κ3) is 6.71. The van der Waals surface area contributed by atoms with Crippen LogP contribution in [0.1, 0.15) is 18.1 Å². The van der Waals surface area contributed by atoms with E-state index in [2.05, 4.69) is 15.8 Å². The Balaban J connectivity index is 1.53. The van der Waals surface area contributed by atoms with E-state index in [1.807, 2.05) is 55.5 Å². The van der Waals surface area contributed by atoms with Gasteiger partial charge in [0.1, 0.15) is 18.1 Å². The Morgan fingerprint density at radius 2 is 1.58 bits per heavy atom. The van der Waals surface area contributed by atoms with Gasteiger partial charge >= 0.3 is 11.8 Å². The molecule has 0 aromatic heterocycles. The number of ether oxygens (including phenoxy) is 2. The van der Waals surface area contributed by atoms with Crippen LogP contribution in [0.15, 0.2) is 84.0 Å². The molecule has 3 aromatic rings. The molecule has 0 fully saturated rings. The van der Waals surface area contributed by atoms with Gasteiger partial charge in [0.05, 0.1) is 12.8 Å². The van der Waals surface area contributed by atoms with E-state index >= 15 is 0 Å². The number of carbonyl (C=O) groups is 2. The van der Waals surface area contributed by atoms with Crippen LogP contribution >= 0.6 is 0 Å². The van der Waals surface area contributed by atoms with Crippen LogP contribution in [0.3, 0.4) is 0 Å². The van der Waals surface area contributed by atoms with Gasteiger partial charge in [-0.15, -0.1) is 0 Å². The van der Waals surface area contributed by atoms with Crippen molar-refractivity contribution < 1.29 is 19.1 Å². The lowest BCUT2D eigenvalue weighted by Gasteiger charge is -2.09. The average Bonchev–Trinajstić information content (AvgIpc) is 2.80. The van der Waals surface area contributed by atoms with E-state index in [4.69, 9.17) is 9.47 Å². The van der Waals surface area contributed by atoms with Gasteiger partial charge in [-0.05, 0) is 48.9 Å². The van der Waals surface area contributed by atoms with Gasteiger partial charge < -0.3 is 14.8 Å². The molecule has 0 aliphatic heterocycles. The average molecular weight is 417 g/mol. The number of nitrogens with zero attached hydrogens (tertiary/aromatic N) is 1. The second-order valence-electron chi connectivity index (χ2n) is 6.42. The summed E-state index contributed by atoms with van der Waals surface area (Å²) in [6, 6.07) is 23.8. The van der Waals surface area contributed by atoms with Crippen LogP contribution in [-0.2, 0) is 16.2 Å². The maximum Gasteiger partial charge on any atom is 0.329 e. The highest BCUT2D eigenvalue weighted by molar-refractivity contribution is 6.39. The van der Waals surface area contributed by atoms with Crippen molar-refractivity contribution in [3.8, 4) is 11.5 Å². The van der Waals surface area contributed by atoms with Gasteiger partial charge in [-0.1, -0.05) is 42.5 Å². The van der Waals surface area contributed by atoms with Crippen molar-refractivity contribution in [3.05, 3.63) is 90.0 Å². The number of benzene rings is 3. The first kappa shape index (κ1) is 21.6. The molecule has 2 N–H and O–H groups in total. The topological polar surface area (TPSA) is 89.0 Å². The van der Waals surface area contributed by atoms with E-state index in [-0.39, 0.29) is 0 Å². The quantitative estimate of drug-likeness (QED) is 0.332. The largest absolute Gasteiger partial charge is 0.494 e. The van der Waals surface area contributed by atoms with Gasteiger partial charge in [-0.3, -0.25) is 9.59 Å². The molecule has 0 saturated carbocycles. The summed E-state index contributed by atoms with van der Waals surface area (Å²) >= 11 is 0. The van der Waals surface area contributed by atoms with Crippen LogP contribution in [0, 0.1) is 0 Å². The highest BCUT2D eigenvalue weighted by Crippen LogP contribution is 2.18. The summed E-state index contributed by atoms with van der Waals surface area (Å²) in [6.07, 6.45) is 1.43. The zero-order valence-corrected chi connectivity index (χ0v) is 17.1. The molecule has 7 nitrogen and oxygen atoms in total. The van der Waals surface area contributed by atoms with Gasteiger partial charge in [-0.2, -0.15) is 5.10 Å². The lowest BCUT2D eigenvalue weighted by molar-refractivity contribution is -0.136. The molecule has 0 saturated heterocycles. The van der Waals surface area contributed by atoms with Crippen molar-refractivity contribution in [1.82, 2.24) is 5.43 Å². The summed E-state index contributed by atoms with van der Waals surface area (Å²) in [7, 11) is 0. The van der Waals surface area contributed by atoms with Crippen molar-refractivity contribution >= 4 is 23.7 Å². The Hall–Kier alpha value is -4.13. The number of carbonyl (C=O) groups excluding carboxylic acids is 2.